The van der Waals surface area contributed by atoms with Crippen molar-refractivity contribution in [3.05, 3.63) is 27.9 Å². The Morgan fingerprint density at radius 2 is 2.18 bits per heavy atom. The molecule has 0 aliphatic heterocycles. The van der Waals surface area contributed by atoms with Crippen LogP contribution in [0.15, 0.2) is 12.3 Å². The number of aromatic nitrogens is 1. The maximum atomic E-state index is 11.0. The largest absolute Gasteiger partial charge is 0.394 e. The van der Waals surface area contributed by atoms with Gasteiger partial charge < -0.3 is 10.0 Å². The Bertz CT molecular complexity index is 432. The van der Waals surface area contributed by atoms with Gasteiger partial charge >= 0.3 is 5.69 Å². The zero-order valence-corrected chi connectivity index (χ0v) is 10.5. The number of hydrogen-bond acceptors (Lipinski definition) is 5. The maximum Gasteiger partial charge on any atom is 0.314 e. The highest BCUT2D eigenvalue weighted by molar-refractivity contribution is 5.62. The monoisotopic (exact) mass is 239 g/mol. The van der Waals surface area contributed by atoms with Crippen molar-refractivity contribution in [3.63, 3.8) is 0 Å². The number of likely N-dealkylation sites (N-methyl/N-ethyl adjacent to an activating group) is 1. The van der Waals surface area contributed by atoms with E-state index in [2.05, 4.69) is 4.98 Å². The fourth-order valence-electron chi connectivity index (χ4n) is 1.40. The summed E-state index contributed by atoms with van der Waals surface area (Å²) in [5.41, 5.74) is -0.0666. The van der Waals surface area contributed by atoms with E-state index in [0.29, 0.717) is 5.56 Å². The number of pyridine rings is 1. The van der Waals surface area contributed by atoms with Crippen molar-refractivity contribution in [2.24, 2.45) is 0 Å². The summed E-state index contributed by atoms with van der Waals surface area (Å²) in [6, 6.07) is 1.60. The van der Waals surface area contributed by atoms with Gasteiger partial charge in [-0.15, -0.1) is 0 Å². The summed E-state index contributed by atoms with van der Waals surface area (Å²) in [6.45, 7) is 5.14. The smallest absolute Gasteiger partial charge is 0.314 e. The Hall–Kier alpha value is -1.69. The van der Waals surface area contributed by atoms with E-state index < -0.39 is 10.5 Å². The normalized spacial score (nSPS) is 11.4. The summed E-state index contributed by atoms with van der Waals surface area (Å²) in [4.78, 5) is 16.3. The molecule has 0 radical (unpaired) electrons. The van der Waals surface area contributed by atoms with Crippen LogP contribution < -0.4 is 4.90 Å². The fraction of sp³-hybridized carbons (Fsp3) is 0.545. The van der Waals surface area contributed by atoms with Crippen molar-refractivity contribution in [1.29, 1.82) is 0 Å². The van der Waals surface area contributed by atoms with Crippen LogP contribution in [0.2, 0.25) is 0 Å². The van der Waals surface area contributed by atoms with Gasteiger partial charge in [0.2, 0.25) is 5.82 Å². The van der Waals surface area contributed by atoms with Gasteiger partial charge in [-0.3, -0.25) is 10.1 Å². The van der Waals surface area contributed by atoms with Crippen molar-refractivity contribution in [3.8, 4) is 0 Å². The third kappa shape index (κ3) is 2.52. The van der Waals surface area contributed by atoms with Crippen molar-refractivity contribution >= 4 is 11.5 Å². The predicted octanol–water partition coefficient (Wildman–Crippen LogP) is 1.51. The lowest BCUT2D eigenvalue weighted by atomic mass is 10.0. The van der Waals surface area contributed by atoms with E-state index in [1.165, 1.54) is 6.20 Å². The van der Waals surface area contributed by atoms with E-state index in [0.717, 1.165) is 0 Å². The molecule has 1 aromatic rings. The quantitative estimate of drug-likeness (QED) is 0.636. The number of aliphatic hydroxyl groups excluding tert-OH is 1. The number of aliphatic hydroxyl groups is 1. The molecule has 1 rings (SSSR count). The average molecular weight is 239 g/mol. The fourth-order valence-corrected chi connectivity index (χ4v) is 1.40. The molecule has 6 nitrogen and oxygen atoms in total. The molecule has 1 heterocycles. The number of nitro groups is 1. The highest BCUT2D eigenvalue weighted by Gasteiger charge is 2.30. The maximum absolute atomic E-state index is 11.0. The summed E-state index contributed by atoms with van der Waals surface area (Å²) >= 11 is 0. The Morgan fingerprint density at radius 1 is 1.59 bits per heavy atom. The first-order valence-corrected chi connectivity index (χ1v) is 5.26. The average Bonchev–Trinajstić information content (AvgIpc) is 2.27. The van der Waals surface area contributed by atoms with Crippen molar-refractivity contribution in [2.45, 2.75) is 26.3 Å². The lowest BCUT2D eigenvalue weighted by molar-refractivity contribution is -0.385. The summed E-state index contributed by atoms with van der Waals surface area (Å²) in [5, 5.41) is 20.3. The van der Waals surface area contributed by atoms with Crippen LogP contribution >= 0.6 is 0 Å². The van der Waals surface area contributed by atoms with Gasteiger partial charge in [0.25, 0.3) is 0 Å². The van der Waals surface area contributed by atoms with Gasteiger partial charge in [0, 0.05) is 18.8 Å². The summed E-state index contributed by atoms with van der Waals surface area (Å²) in [6.07, 6.45) is 1.53. The SMILES string of the molecule is Cc1ccnc(N(C)C(C)(C)CO)c1[N+](=O)[O-]. The molecular formula is C11H17N3O3. The Labute approximate surface area is 100 Å². The van der Waals surface area contributed by atoms with Crippen molar-refractivity contribution in [2.75, 3.05) is 18.6 Å². The lowest BCUT2D eigenvalue weighted by Gasteiger charge is -2.34. The first kappa shape index (κ1) is 13.4. The Balaban J connectivity index is 3.32. The molecule has 0 bridgehead atoms. The van der Waals surface area contributed by atoms with E-state index in [9.17, 15) is 15.2 Å². The molecule has 0 saturated heterocycles. The van der Waals surface area contributed by atoms with Crippen LogP contribution in [0.25, 0.3) is 0 Å². The molecule has 0 aliphatic rings. The van der Waals surface area contributed by atoms with Crippen LogP contribution in [0, 0.1) is 17.0 Å². The van der Waals surface area contributed by atoms with E-state index in [1.54, 1.807) is 38.8 Å². The molecule has 0 fully saturated rings. The molecule has 1 aromatic heterocycles. The standard InChI is InChI=1S/C11H17N3O3/c1-8-5-6-12-10(9(8)14(16)17)13(4)11(2,3)7-15/h5-6,15H,7H2,1-4H3. The van der Waals surface area contributed by atoms with Crippen molar-refractivity contribution < 1.29 is 10.0 Å². The second-order valence-corrected chi connectivity index (χ2v) is 4.59. The minimum atomic E-state index is -0.606. The number of hydrogen-bond donors (Lipinski definition) is 1. The van der Waals surface area contributed by atoms with Gasteiger partial charge in [0.1, 0.15) is 0 Å². The van der Waals surface area contributed by atoms with Crippen LogP contribution in [-0.2, 0) is 0 Å². The van der Waals surface area contributed by atoms with Crippen molar-refractivity contribution in [1.82, 2.24) is 4.98 Å². The van der Waals surface area contributed by atoms with E-state index >= 15 is 0 Å². The van der Waals surface area contributed by atoms with E-state index in [4.69, 9.17) is 0 Å². The van der Waals surface area contributed by atoms with Crippen LogP contribution in [0.1, 0.15) is 19.4 Å². The van der Waals surface area contributed by atoms with Crippen LogP contribution in [0.3, 0.4) is 0 Å². The van der Waals surface area contributed by atoms with Gasteiger partial charge in [-0.1, -0.05) is 0 Å². The highest BCUT2D eigenvalue weighted by atomic mass is 16.6. The van der Waals surface area contributed by atoms with Gasteiger partial charge in [0.15, 0.2) is 0 Å². The predicted molar refractivity (Wildman–Crippen MR) is 65.2 cm³/mol. The highest BCUT2D eigenvalue weighted by Crippen LogP contribution is 2.31. The number of anilines is 1. The molecule has 17 heavy (non-hydrogen) atoms. The number of aryl methyl sites for hydroxylation is 1. The second-order valence-electron chi connectivity index (χ2n) is 4.59. The van der Waals surface area contributed by atoms with E-state index in [-0.39, 0.29) is 18.1 Å². The minimum Gasteiger partial charge on any atom is -0.394 e. The first-order valence-electron chi connectivity index (χ1n) is 5.26. The third-order valence-corrected chi connectivity index (χ3v) is 2.90. The van der Waals surface area contributed by atoms with E-state index in [1.807, 2.05) is 0 Å². The zero-order valence-electron chi connectivity index (χ0n) is 10.5. The molecule has 1 N–H and O–H groups in total. The first-order chi connectivity index (χ1) is 7.81. The molecular weight excluding hydrogens is 222 g/mol. The molecule has 0 aliphatic carbocycles. The van der Waals surface area contributed by atoms with Crippen LogP contribution in [0.4, 0.5) is 11.5 Å². The molecule has 94 valence electrons. The summed E-state index contributed by atoms with van der Waals surface area (Å²) in [5.74, 6) is 0.272. The molecule has 0 unspecified atom stereocenters. The Morgan fingerprint density at radius 3 is 2.65 bits per heavy atom. The number of nitrogens with zero attached hydrogens (tertiary/aromatic N) is 3. The minimum absolute atomic E-state index is 0.0171. The molecule has 0 atom stereocenters. The summed E-state index contributed by atoms with van der Waals surface area (Å²) in [7, 11) is 1.69. The lowest BCUT2D eigenvalue weighted by Crippen LogP contribution is -2.45. The number of rotatable bonds is 4. The second kappa shape index (κ2) is 4.67. The Kier molecular flexibility index (Phi) is 3.67. The topological polar surface area (TPSA) is 79.5 Å². The molecule has 0 aromatic carbocycles. The van der Waals surface area contributed by atoms with Gasteiger partial charge in [0.05, 0.1) is 17.1 Å². The molecule has 6 heteroatoms. The molecule has 0 amide bonds. The van der Waals surface area contributed by atoms with Gasteiger partial charge in [-0.25, -0.2) is 4.98 Å². The van der Waals surface area contributed by atoms with Gasteiger partial charge in [-0.05, 0) is 26.8 Å². The van der Waals surface area contributed by atoms with Gasteiger partial charge in [-0.2, -0.15) is 0 Å². The zero-order chi connectivity index (χ0) is 13.2. The molecule has 0 spiro atoms. The van der Waals surface area contributed by atoms with Crippen LogP contribution in [-0.4, -0.2) is 34.2 Å². The third-order valence-electron chi connectivity index (χ3n) is 2.90. The molecule has 0 saturated carbocycles. The summed E-state index contributed by atoms with van der Waals surface area (Å²) < 4.78 is 0. The van der Waals surface area contributed by atoms with Crippen LogP contribution in [0.5, 0.6) is 0 Å².